The van der Waals surface area contributed by atoms with Gasteiger partial charge in [-0.25, -0.2) is 0 Å². The smallest absolute Gasteiger partial charge is 0.221 e. The number of nitrogens with two attached hydrogens (primary N) is 2. The molecule has 0 aliphatic heterocycles. The quantitative estimate of drug-likeness (QED) is 0.303. The fourth-order valence-corrected chi connectivity index (χ4v) is 0.975. The molecule has 1 rings (SSSR count). The van der Waals surface area contributed by atoms with Crippen LogP contribution in [0.3, 0.4) is 0 Å². The molecule has 0 aliphatic rings. The van der Waals surface area contributed by atoms with Crippen molar-refractivity contribution >= 4 is 23.0 Å². The van der Waals surface area contributed by atoms with Crippen LogP contribution in [-0.4, -0.2) is 5.91 Å². The first-order chi connectivity index (χ1) is 6.13. The Hall–Kier alpha value is -1.75. The van der Waals surface area contributed by atoms with Crippen LogP contribution in [0.5, 0.6) is 0 Å². The van der Waals surface area contributed by atoms with E-state index in [1.54, 1.807) is 18.2 Å². The SMILES string of the molecule is CC(=O)Nc1ccc(NN)c(N)c1. The standard InChI is InChI=1S/C8H12N4O/c1-5(13)11-6-2-3-8(12-10)7(9)4-6/h2-4,12H,9-10H2,1H3,(H,11,13). The van der Waals surface area contributed by atoms with E-state index in [9.17, 15) is 4.79 Å². The fourth-order valence-electron chi connectivity index (χ4n) is 0.975. The first-order valence-corrected chi connectivity index (χ1v) is 3.77. The molecule has 0 atom stereocenters. The van der Waals surface area contributed by atoms with Crippen molar-refractivity contribution < 1.29 is 4.79 Å². The Morgan fingerprint density at radius 1 is 1.46 bits per heavy atom. The van der Waals surface area contributed by atoms with Crippen LogP contribution in [0.1, 0.15) is 6.92 Å². The number of carbonyl (C=O) groups excluding carboxylic acids is 1. The normalized spacial score (nSPS) is 9.38. The Morgan fingerprint density at radius 2 is 2.15 bits per heavy atom. The molecule has 0 saturated carbocycles. The predicted octanol–water partition coefficient (Wildman–Crippen LogP) is 0.513. The molecule has 0 aromatic heterocycles. The average Bonchev–Trinajstić information content (AvgIpc) is 2.03. The van der Waals surface area contributed by atoms with Gasteiger partial charge in [-0.15, -0.1) is 0 Å². The van der Waals surface area contributed by atoms with Crippen LogP contribution in [0.2, 0.25) is 0 Å². The summed E-state index contributed by atoms with van der Waals surface area (Å²) in [5.41, 5.74) is 9.84. The third-order valence-electron chi connectivity index (χ3n) is 1.53. The van der Waals surface area contributed by atoms with Crippen LogP contribution in [0.25, 0.3) is 0 Å². The van der Waals surface area contributed by atoms with Gasteiger partial charge in [0.15, 0.2) is 0 Å². The van der Waals surface area contributed by atoms with Crippen LogP contribution in [0.4, 0.5) is 17.1 Å². The van der Waals surface area contributed by atoms with Crippen LogP contribution in [-0.2, 0) is 4.79 Å². The number of hydrogen-bond donors (Lipinski definition) is 4. The number of benzene rings is 1. The van der Waals surface area contributed by atoms with E-state index in [0.29, 0.717) is 17.1 Å². The molecule has 0 heterocycles. The minimum atomic E-state index is -0.132. The monoisotopic (exact) mass is 180 g/mol. The van der Waals surface area contributed by atoms with Gasteiger partial charge in [-0.3, -0.25) is 10.6 Å². The van der Waals surface area contributed by atoms with Crippen molar-refractivity contribution in [3.05, 3.63) is 18.2 Å². The van der Waals surface area contributed by atoms with Crippen LogP contribution in [0.15, 0.2) is 18.2 Å². The number of nitrogen functional groups attached to an aromatic ring is 2. The molecule has 0 spiro atoms. The van der Waals surface area contributed by atoms with Crippen molar-refractivity contribution in [1.29, 1.82) is 0 Å². The lowest BCUT2D eigenvalue weighted by Crippen LogP contribution is -2.10. The predicted molar refractivity (Wildman–Crippen MR) is 53.0 cm³/mol. The van der Waals surface area contributed by atoms with Crippen molar-refractivity contribution in [1.82, 2.24) is 0 Å². The highest BCUT2D eigenvalue weighted by Crippen LogP contribution is 2.21. The van der Waals surface area contributed by atoms with Crippen molar-refractivity contribution in [3.8, 4) is 0 Å². The Morgan fingerprint density at radius 3 is 2.62 bits per heavy atom. The summed E-state index contributed by atoms with van der Waals surface area (Å²) in [6, 6.07) is 5.05. The van der Waals surface area contributed by atoms with Crippen molar-refractivity contribution in [2.75, 3.05) is 16.5 Å². The summed E-state index contributed by atoms with van der Waals surface area (Å²) >= 11 is 0. The molecule has 6 N–H and O–H groups in total. The highest BCUT2D eigenvalue weighted by Gasteiger charge is 1.99. The zero-order valence-corrected chi connectivity index (χ0v) is 7.29. The lowest BCUT2D eigenvalue weighted by Gasteiger charge is -2.07. The largest absolute Gasteiger partial charge is 0.397 e. The molecular weight excluding hydrogens is 168 g/mol. The van der Waals surface area contributed by atoms with Gasteiger partial charge in [0, 0.05) is 12.6 Å². The minimum absolute atomic E-state index is 0.132. The Balaban J connectivity index is 2.89. The first-order valence-electron chi connectivity index (χ1n) is 3.77. The average molecular weight is 180 g/mol. The summed E-state index contributed by atoms with van der Waals surface area (Å²) in [6.07, 6.45) is 0. The molecule has 0 radical (unpaired) electrons. The molecule has 0 bridgehead atoms. The summed E-state index contributed by atoms with van der Waals surface area (Å²) in [7, 11) is 0. The molecule has 0 fully saturated rings. The van der Waals surface area contributed by atoms with Gasteiger partial charge >= 0.3 is 0 Å². The highest BCUT2D eigenvalue weighted by molar-refractivity contribution is 5.90. The number of amides is 1. The molecule has 1 amide bonds. The summed E-state index contributed by atoms with van der Waals surface area (Å²) in [5, 5.41) is 2.61. The number of rotatable bonds is 2. The number of nitrogens with one attached hydrogen (secondary N) is 2. The summed E-state index contributed by atoms with van der Waals surface area (Å²) in [5.74, 6) is 5.05. The van der Waals surface area contributed by atoms with Gasteiger partial charge in [0.05, 0.1) is 11.4 Å². The second kappa shape index (κ2) is 3.77. The number of hydrogen-bond acceptors (Lipinski definition) is 4. The van der Waals surface area contributed by atoms with Crippen LogP contribution < -0.4 is 22.3 Å². The molecule has 0 aliphatic carbocycles. The van der Waals surface area contributed by atoms with Crippen LogP contribution >= 0.6 is 0 Å². The fraction of sp³-hybridized carbons (Fsp3) is 0.125. The Bertz CT molecular complexity index is 324. The topological polar surface area (TPSA) is 93.2 Å². The number of anilines is 3. The lowest BCUT2D eigenvalue weighted by molar-refractivity contribution is -0.114. The van der Waals surface area contributed by atoms with Gasteiger partial charge in [-0.2, -0.15) is 0 Å². The van der Waals surface area contributed by atoms with E-state index in [4.69, 9.17) is 11.6 Å². The van der Waals surface area contributed by atoms with Gasteiger partial charge in [-0.05, 0) is 18.2 Å². The molecule has 0 unspecified atom stereocenters. The summed E-state index contributed by atoms with van der Waals surface area (Å²) in [4.78, 5) is 10.7. The van der Waals surface area contributed by atoms with Gasteiger partial charge in [-0.1, -0.05) is 0 Å². The van der Waals surface area contributed by atoms with Gasteiger partial charge in [0.2, 0.25) is 5.91 Å². The molecule has 1 aromatic rings. The van der Waals surface area contributed by atoms with Gasteiger partial charge in [0.1, 0.15) is 0 Å². The first kappa shape index (κ1) is 9.34. The van der Waals surface area contributed by atoms with E-state index in [2.05, 4.69) is 10.7 Å². The van der Waals surface area contributed by atoms with E-state index >= 15 is 0 Å². The molecule has 1 aromatic carbocycles. The van der Waals surface area contributed by atoms with E-state index in [0.717, 1.165) is 0 Å². The maximum absolute atomic E-state index is 10.7. The molecule has 0 saturated heterocycles. The maximum atomic E-state index is 10.7. The van der Waals surface area contributed by atoms with Gasteiger partial charge < -0.3 is 16.5 Å². The van der Waals surface area contributed by atoms with E-state index < -0.39 is 0 Å². The van der Waals surface area contributed by atoms with E-state index in [1.165, 1.54) is 6.92 Å². The van der Waals surface area contributed by atoms with E-state index in [-0.39, 0.29) is 5.91 Å². The second-order valence-electron chi connectivity index (χ2n) is 2.63. The van der Waals surface area contributed by atoms with Gasteiger partial charge in [0.25, 0.3) is 0 Å². The Kier molecular flexibility index (Phi) is 2.71. The molecule has 5 heteroatoms. The third kappa shape index (κ3) is 2.34. The molecule has 13 heavy (non-hydrogen) atoms. The zero-order chi connectivity index (χ0) is 9.84. The van der Waals surface area contributed by atoms with Crippen molar-refractivity contribution in [2.45, 2.75) is 6.92 Å². The molecule has 70 valence electrons. The Labute approximate surface area is 76.1 Å². The number of hydrazine groups is 1. The third-order valence-corrected chi connectivity index (χ3v) is 1.53. The molecular formula is C8H12N4O. The second-order valence-corrected chi connectivity index (χ2v) is 2.63. The lowest BCUT2D eigenvalue weighted by atomic mass is 10.2. The minimum Gasteiger partial charge on any atom is -0.397 e. The maximum Gasteiger partial charge on any atom is 0.221 e. The van der Waals surface area contributed by atoms with Crippen LogP contribution in [0, 0.1) is 0 Å². The van der Waals surface area contributed by atoms with Crippen molar-refractivity contribution in [3.63, 3.8) is 0 Å². The molecule has 5 nitrogen and oxygen atoms in total. The summed E-state index contributed by atoms with van der Waals surface area (Å²) < 4.78 is 0. The summed E-state index contributed by atoms with van der Waals surface area (Å²) in [6.45, 7) is 1.44. The zero-order valence-electron chi connectivity index (χ0n) is 7.29. The van der Waals surface area contributed by atoms with E-state index in [1.807, 2.05) is 0 Å². The van der Waals surface area contributed by atoms with Crippen molar-refractivity contribution in [2.24, 2.45) is 5.84 Å². The highest BCUT2D eigenvalue weighted by atomic mass is 16.1. The number of carbonyl (C=O) groups is 1.